The molecule has 64 heavy (non-hydrogen) atoms. The Morgan fingerprint density at radius 2 is 1.12 bits per heavy atom. The van der Waals surface area contributed by atoms with Crippen molar-refractivity contribution in [2.75, 3.05) is 19.8 Å². The maximum Gasteiger partial charge on any atom is 0.305 e. The Balaban J connectivity index is 2.18. The summed E-state index contributed by atoms with van der Waals surface area (Å²) in [6.07, 6.45) is 44.4. The Morgan fingerprint density at radius 3 is 1.73 bits per heavy atom. The predicted molar refractivity (Wildman–Crippen MR) is 259 cm³/mol. The van der Waals surface area contributed by atoms with Gasteiger partial charge in [0, 0.05) is 12.8 Å². The lowest BCUT2D eigenvalue weighted by atomic mass is 9.99. The normalized spacial score (nSPS) is 20.5. The molecule has 6 N–H and O–H groups in total. The minimum Gasteiger partial charge on any atom is -0.466 e. The monoisotopic (exact) mass is 902 g/mol. The average molecular weight is 902 g/mol. The number of ether oxygens (including phenoxy) is 3. The third-order valence-corrected chi connectivity index (χ3v) is 11.4. The fourth-order valence-corrected chi connectivity index (χ4v) is 7.28. The largest absolute Gasteiger partial charge is 0.466 e. The van der Waals surface area contributed by atoms with Crippen molar-refractivity contribution in [3.63, 3.8) is 0 Å². The highest BCUT2D eigenvalue weighted by molar-refractivity contribution is 5.76. The summed E-state index contributed by atoms with van der Waals surface area (Å²) < 4.78 is 16.6. The molecule has 1 aliphatic rings. The van der Waals surface area contributed by atoms with Crippen molar-refractivity contribution in [2.45, 2.75) is 230 Å². The van der Waals surface area contributed by atoms with Crippen molar-refractivity contribution >= 4 is 11.9 Å². The molecule has 1 amide bonds. The molecule has 1 heterocycles. The number of carbonyl (C=O) groups is 2. The summed E-state index contributed by atoms with van der Waals surface area (Å²) >= 11 is 0. The molecule has 1 rings (SSSR count). The minimum absolute atomic E-state index is 0.0545. The second kappa shape index (κ2) is 42.7. The third kappa shape index (κ3) is 32.7. The van der Waals surface area contributed by atoms with Gasteiger partial charge in [0.25, 0.3) is 0 Å². The summed E-state index contributed by atoms with van der Waals surface area (Å²) in [5.74, 6) is -0.280. The number of amides is 1. The zero-order valence-corrected chi connectivity index (χ0v) is 40.0. The molecule has 1 fully saturated rings. The van der Waals surface area contributed by atoms with Crippen LogP contribution in [0.2, 0.25) is 0 Å². The quantitative estimate of drug-likeness (QED) is 0.0150. The van der Waals surface area contributed by atoms with Crippen molar-refractivity contribution < 1.29 is 49.3 Å². The van der Waals surface area contributed by atoms with E-state index in [2.05, 4.69) is 66.9 Å². The number of rotatable bonds is 41. The maximum atomic E-state index is 12.9. The fourth-order valence-electron chi connectivity index (χ4n) is 7.28. The van der Waals surface area contributed by atoms with E-state index >= 15 is 0 Å². The van der Waals surface area contributed by atoms with E-state index in [0.717, 1.165) is 96.3 Å². The van der Waals surface area contributed by atoms with Crippen LogP contribution < -0.4 is 5.32 Å². The van der Waals surface area contributed by atoms with Crippen molar-refractivity contribution in [2.24, 2.45) is 0 Å². The van der Waals surface area contributed by atoms with Crippen LogP contribution >= 0.6 is 0 Å². The van der Waals surface area contributed by atoms with Gasteiger partial charge in [-0.1, -0.05) is 138 Å². The Bertz CT molecular complexity index is 1290. The first-order chi connectivity index (χ1) is 31.2. The molecule has 0 aromatic heterocycles. The third-order valence-electron chi connectivity index (χ3n) is 11.4. The smallest absolute Gasteiger partial charge is 0.305 e. The van der Waals surface area contributed by atoms with Crippen LogP contribution in [0.4, 0.5) is 0 Å². The molecule has 7 unspecified atom stereocenters. The summed E-state index contributed by atoms with van der Waals surface area (Å²) in [5.41, 5.74) is 0. The van der Waals surface area contributed by atoms with Crippen LogP contribution in [0.1, 0.15) is 187 Å². The molecule has 7 atom stereocenters. The Labute approximate surface area is 388 Å². The molecule has 11 nitrogen and oxygen atoms in total. The van der Waals surface area contributed by atoms with Crippen molar-refractivity contribution in [3.8, 4) is 0 Å². The number of esters is 1. The van der Waals surface area contributed by atoms with E-state index in [1.165, 1.54) is 51.4 Å². The van der Waals surface area contributed by atoms with Crippen LogP contribution in [0.15, 0.2) is 72.9 Å². The van der Waals surface area contributed by atoms with Gasteiger partial charge in [-0.15, -0.1) is 0 Å². The van der Waals surface area contributed by atoms with E-state index in [1.54, 1.807) is 6.08 Å². The van der Waals surface area contributed by atoms with Gasteiger partial charge in [0.2, 0.25) is 5.91 Å². The number of hydrogen-bond donors (Lipinski definition) is 6. The van der Waals surface area contributed by atoms with Crippen LogP contribution in [0.25, 0.3) is 0 Å². The molecule has 1 aliphatic heterocycles. The standard InChI is InChI=1S/C53H91NO10/c1-3-5-7-9-11-13-14-21-25-29-33-37-41-49(58)62-42-38-34-30-26-22-19-17-15-16-18-20-24-28-32-36-40-48(57)54-45(46(56)39-35-31-27-23-12-10-8-6-4-2)44-63-53-52(61)51(60)50(59)47(43-55)64-53/h4,6,11-13,15,17,19,22-23,35,39,45-47,50-53,55-56,59-61H,3,5,7-10,14,16,18,20-21,24-34,36-38,40-44H2,1-2H3,(H,54,57)/b6-4+,13-11-,17-15-,22-19-,23-12+,39-35+. The van der Waals surface area contributed by atoms with Crippen LogP contribution in [-0.2, 0) is 23.8 Å². The molecular formula is C53H91NO10. The van der Waals surface area contributed by atoms with Crippen molar-refractivity contribution in [1.29, 1.82) is 0 Å². The van der Waals surface area contributed by atoms with Gasteiger partial charge in [0.05, 0.1) is 32.0 Å². The first-order valence-corrected chi connectivity index (χ1v) is 25.2. The molecule has 0 radical (unpaired) electrons. The zero-order chi connectivity index (χ0) is 46.7. The number of unbranched alkanes of at least 4 members (excludes halogenated alkanes) is 19. The topological polar surface area (TPSA) is 175 Å². The van der Waals surface area contributed by atoms with E-state index in [-0.39, 0.29) is 18.5 Å². The number of carbonyl (C=O) groups excluding carboxylic acids is 2. The van der Waals surface area contributed by atoms with Gasteiger partial charge in [-0.2, -0.15) is 0 Å². The van der Waals surface area contributed by atoms with E-state index in [9.17, 15) is 35.1 Å². The van der Waals surface area contributed by atoms with Crippen molar-refractivity contribution in [3.05, 3.63) is 72.9 Å². The van der Waals surface area contributed by atoms with Crippen LogP contribution in [0.3, 0.4) is 0 Å². The number of hydrogen-bond acceptors (Lipinski definition) is 10. The summed E-state index contributed by atoms with van der Waals surface area (Å²) in [7, 11) is 0. The highest BCUT2D eigenvalue weighted by atomic mass is 16.7. The van der Waals surface area contributed by atoms with E-state index in [1.807, 2.05) is 19.1 Å². The molecular weight excluding hydrogens is 811 g/mol. The lowest BCUT2D eigenvalue weighted by molar-refractivity contribution is -0.302. The summed E-state index contributed by atoms with van der Waals surface area (Å²) in [4.78, 5) is 24.9. The summed E-state index contributed by atoms with van der Waals surface area (Å²) in [6.45, 7) is 3.95. The highest BCUT2D eigenvalue weighted by Crippen LogP contribution is 2.22. The zero-order valence-electron chi connectivity index (χ0n) is 40.0. The summed E-state index contributed by atoms with van der Waals surface area (Å²) in [6, 6.07) is -0.851. The van der Waals surface area contributed by atoms with Gasteiger partial charge in [-0.25, -0.2) is 0 Å². The molecule has 1 saturated heterocycles. The van der Waals surface area contributed by atoms with Gasteiger partial charge in [-0.3, -0.25) is 9.59 Å². The second-order valence-corrected chi connectivity index (χ2v) is 17.2. The molecule has 368 valence electrons. The average Bonchev–Trinajstić information content (AvgIpc) is 3.29. The molecule has 0 aromatic carbocycles. The molecule has 0 saturated carbocycles. The molecule has 0 bridgehead atoms. The molecule has 0 aromatic rings. The molecule has 0 aliphatic carbocycles. The van der Waals surface area contributed by atoms with E-state index < -0.39 is 49.5 Å². The van der Waals surface area contributed by atoms with Gasteiger partial charge in [0.1, 0.15) is 24.4 Å². The maximum absolute atomic E-state index is 12.9. The van der Waals surface area contributed by atoms with E-state index in [4.69, 9.17) is 14.2 Å². The SMILES string of the molecule is C/C=C/CC/C=C/CC/C=C/C(O)C(COC1OC(CO)C(O)C(O)C1O)NC(=O)CCCCCCCC/C=C\C=C/CCCCCOC(=O)CCCCCCC/C=C\CCCCC. The van der Waals surface area contributed by atoms with Crippen molar-refractivity contribution in [1.82, 2.24) is 5.32 Å². The second-order valence-electron chi connectivity index (χ2n) is 17.2. The molecule has 11 heteroatoms. The predicted octanol–water partition coefficient (Wildman–Crippen LogP) is 10.1. The molecule has 0 spiro atoms. The van der Waals surface area contributed by atoms with Gasteiger partial charge in [-0.05, 0) is 110 Å². The van der Waals surface area contributed by atoms with Crippen LogP contribution in [0.5, 0.6) is 0 Å². The first-order valence-electron chi connectivity index (χ1n) is 25.2. The Kier molecular flexibility index (Phi) is 39.5. The van der Waals surface area contributed by atoms with Gasteiger partial charge < -0.3 is 45.1 Å². The lowest BCUT2D eigenvalue weighted by Gasteiger charge is -2.40. The Morgan fingerprint density at radius 1 is 0.609 bits per heavy atom. The van der Waals surface area contributed by atoms with Gasteiger partial charge >= 0.3 is 5.97 Å². The summed E-state index contributed by atoms with van der Waals surface area (Å²) in [5, 5.41) is 54.0. The number of allylic oxidation sites excluding steroid dienone is 11. The number of nitrogens with one attached hydrogen (secondary N) is 1. The Hall–Kier alpha value is -2.90. The fraction of sp³-hybridized carbons (Fsp3) is 0.736. The highest BCUT2D eigenvalue weighted by Gasteiger charge is 2.44. The van der Waals surface area contributed by atoms with Crippen LogP contribution in [-0.4, -0.2) is 100 Å². The number of aliphatic hydroxyl groups excluding tert-OH is 5. The lowest BCUT2D eigenvalue weighted by Crippen LogP contribution is -2.60. The number of aliphatic hydroxyl groups is 5. The van der Waals surface area contributed by atoms with E-state index in [0.29, 0.717) is 32.3 Å². The first kappa shape index (κ1) is 59.1. The van der Waals surface area contributed by atoms with Crippen LogP contribution in [0, 0.1) is 0 Å². The minimum atomic E-state index is -1.59. The van der Waals surface area contributed by atoms with Gasteiger partial charge in [0.15, 0.2) is 6.29 Å².